The van der Waals surface area contributed by atoms with E-state index in [9.17, 15) is 0 Å². The minimum absolute atomic E-state index is 0.775. The lowest BCUT2D eigenvalue weighted by Crippen LogP contribution is -2.30. The van der Waals surface area contributed by atoms with Crippen LogP contribution in [0.15, 0.2) is 42.5 Å². The number of hydrogen-bond donors (Lipinski definition) is 0. The molecule has 2 aliphatic carbocycles. The van der Waals surface area contributed by atoms with Crippen molar-refractivity contribution in [1.82, 2.24) is 4.90 Å². The smallest absolute Gasteiger partial charge is 0.00122 e. The molecule has 0 radical (unpaired) electrons. The van der Waals surface area contributed by atoms with Crippen molar-refractivity contribution in [3.05, 3.63) is 48.0 Å². The average Bonchev–Trinajstić information content (AvgIpc) is 3.07. The molecule has 1 heteroatoms. The summed E-state index contributed by atoms with van der Waals surface area (Å²) in [6, 6.07) is 15.8. The molecule has 2 aromatic carbocycles. The zero-order valence-corrected chi connectivity index (χ0v) is 13.1. The number of hydrogen-bond acceptors (Lipinski definition) is 1. The molecule has 2 unspecified atom stereocenters. The topological polar surface area (TPSA) is 3.24 Å². The highest BCUT2D eigenvalue weighted by Crippen LogP contribution is 2.57. The molecule has 2 fully saturated rings. The lowest BCUT2D eigenvalue weighted by molar-refractivity contribution is 0.220. The maximum atomic E-state index is 2.40. The molecule has 2 bridgehead atoms. The van der Waals surface area contributed by atoms with Gasteiger partial charge in [-0.3, -0.25) is 0 Å². The third kappa shape index (κ3) is 2.19. The predicted molar refractivity (Wildman–Crippen MR) is 89.6 cm³/mol. The molecule has 2 aromatic rings. The largest absolute Gasteiger partial charge is 0.309 e. The summed E-state index contributed by atoms with van der Waals surface area (Å²) in [6.07, 6.45) is 4.37. The lowest BCUT2D eigenvalue weighted by atomic mass is 9.74. The first-order valence-electron chi connectivity index (χ1n) is 8.36. The van der Waals surface area contributed by atoms with Crippen molar-refractivity contribution in [1.29, 1.82) is 0 Å². The molecular weight excluding hydrogens is 254 g/mol. The molecule has 4 atom stereocenters. The van der Waals surface area contributed by atoms with Crippen LogP contribution < -0.4 is 0 Å². The van der Waals surface area contributed by atoms with E-state index in [-0.39, 0.29) is 0 Å². The first-order chi connectivity index (χ1) is 10.2. The second kappa shape index (κ2) is 5.14. The van der Waals surface area contributed by atoms with E-state index in [2.05, 4.69) is 61.5 Å². The Balaban J connectivity index is 1.79. The fraction of sp³-hybridized carbons (Fsp3) is 0.500. The molecule has 0 N–H and O–H groups in total. The maximum absolute atomic E-state index is 2.40. The SMILES string of the molecule is CN(C)C[C@@H]1C2CCC(C2)[C@H]1c1cccc2ccccc12. The van der Waals surface area contributed by atoms with Crippen LogP contribution in [-0.2, 0) is 0 Å². The molecule has 0 amide bonds. The highest BCUT2D eigenvalue weighted by Gasteiger charge is 2.48. The molecular formula is C20H25N. The highest BCUT2D eigenvalue weighted by molar-refractivity contribution is 5.86. The second-order valence-electron chi connectivity index (χ2n) is 7.35. The van der Waals surface area contributed by atoms with Gasteiger partial charge in [-0.1, -0.05) is 42.5 Å². The number of rotatable bonds is 3. The van der Waals surface area contributed by atoms with Crippen molar-refractivity contribution in [3.8, 4) is 0 Å². The van der Waals surface area contributed by atoms with E-state index in [0.717, 1.165) is 23.7 Å². The van der Waals surface area contributed by atoms with Crippen LogP contribution in [0.2, 0.25) is 0 Å². The monoisotopic (exact) mass is 279 g/mol. The van der Waals surface area contributed by atoms with Crippen molar-refractivity contribution in [2.75, 3.05) is 20.6 Å². The van der Waals surface area contributed by atoms with Gasteiger partial charge in [-0.2, -0.15) is 0 Å². The van der Waals surface area contributed by atoms with Crippen molar-refractivity contribution < 1.29 is 0 Å². The van der Waals surface area contributed by atoms with E-state index in [4.69, 9.17) is 0 Å². The van der Waals surface area contributed by atoms with Gasteiger partial charge in [0, 0.05) is 6.54 Å². The van der Waals surface area contributed by atoms with E-state index < -0.39 is 0 Å². The van der Waals surface area contributed by atoms with E-state index in [0.29, 0.717) is 0 Å². The normalized spacial score (nSPS) is 31.4. The number of fused-ring (bicyclic) bond motifs is 3. The molecule has 0 saturated heterocycles. The summed E-state index contributed by atoms with van der Waals surface area (Å²) in [5.41, 5.74) is 1.62. The predicted octanol–water partition coefficient (Wildman–Crippen LogP) is 4.53. The zero-order chi connectivity index (χ0) is 14.4. The molecule has 2 saturated carbocycles. The summed E-state index contributed by atoms with van der Waals surface area (Å²) in [7, 11) is 4.46. The Morgan fingerprint density at radius 3 is 2.57 bits per heavy atom. The summed E-state index contributed by atoms with van der Waals surface area (Å²) in [6.45, 7) is 1.25. The van der Waals surface area contributed by atoms with Crippen molar-refractivity contribution in [3.63, 3.8) is 0 Å². The van der Waals surface area contributed by atoms with Crippen molar-refractivity contribution >= 4 is 10.8 Å². The molecule has 0 aromatic heterocycles. The molecule has 4 rings (SSSR count). The molecule has 21 heavy (non-hydrogen) atoms. The molecule has 2 aliphatic rings. The molecule has 0 aliphatic heterocycles. The summed E-state index contributed by atoms with van der Waals surface area (Å²) in [5, 5.41) is 2.89. The maximum Gasteiger partial charge on any atom is 0.00122 e. The van der Waals surface area contributed by atoms with Crippen LogP contribution in [-0.4, -0.2) is 25.5 Å². The lowest BCUT2D eigenvalue weighted by Gasteiger charge is -2.34. The Hall–Kier alpha value is -1.34. The van der Waals surface area contributed by atoms with Crippen LogP contribution in [0.1, 0.15) is 30.7 Å². The van der Waals surface area contributed by atoms with Gasteiger partial charge < -0.3 is 4.90 Å². The Morgan fingerprint density at radius 2 is 1.71 bits per heavy atom. The number of benzene rings is 2. The average molecular weight is 279 g/mol. The Kier molecular flexibility index (Phi) is 3.26. The summed E-state index contributed by atoms with van der Waals surface area (Å²) in [5.74, 6) is 3.51. The minimum atomic E-state index is 0.775. The molecule has 0 spiro atoms. The minimum Gasteiger partial charge on any atom is -0.309 e. The highest BCUT2D eigenvalue weighted by atomic mass is 15.1. The summed E-state index contributed by atoms with van der Waals surface area (Å²) >= 11 is 0. The van der Waals surface area contributed by atoms with Gasteiger partial charge in [0.15, 0.2) is 0 Å². The van der Waals surface area contributed by atoms with Crippen LogP contribution in [0, 0.1) is 17.8 Å². The molecule has 1 nitrogen and oxygen atoms in total. The van der Waals surface area contributed by atoms with Gasteiger partial charge in [-0.25, -0.2) is 0 Å². The van der Waals surface area contributed by atoms with Gasteiger partial charge in [-0.05, 0) is 73.4 Å². The zero-order valence-electron chi connectivity index (χ0n) is 13.1. The third-order valence-corrected chi connectivity index (χ3v) is 5.85. The van der Waals surface area contributed by atoms with Gasteiger partial charge in [0.2, 0.25) is 0 Å². The van der Waals surface area contributed by atoms with Crippen LogP contribution >= 0.6 is 0 Å². The Morgan fingerprint density at radius 1 is 0.952 bits per heavy atom. The fourth-order valence-electron chi connectivity index (χ4n) is 5.12. The summed E-state index contributed by atoms with van der Waals surface area (Å²) < 4.78 is 0. The fourth-order valence-corrected chi connectivity index (χ4v) is 5.12. The quantitative estimate of drug-likeness (QED) is 0.798. The van der Waals surface area contributed by atoms with Gasteiger partial charge in [0.05, 0.1) is 0 Å². The summed E-state index contributed by atoms with van der Waals surface area (Å²) in [4.78, 5) is 2.39. The van der Waals surface area contributed by atoms with Crippen molar-refractivity contribution in [2.45, 2.75) is 25.2 Å². The van der Waals surface area contributed by atoms with Crippen LogP contribution in [0.4, 0.5) is 0 Å². The van der Waals surface area contributed by atoms with Crippen LogP contribution in [0.25, 0.3) is 10.8 Å². The van der Waals surface area contributed by atoms with E-state index >= 15 is 0 Å². The first kappa shape index (κ1) is 13.3. The van der Waals surface area contributed by atoms with E-state index in [1.54, 1.807) is 5.56 Å². The Bertz CT molecular complexity index is 640. The van der Waals surface area contributed by atoms with Crippen molar-refractivity contribution in [2.24, 2.45) is 17.8 Å². The number of nitrogens with zero attached hydrogens (tertiary/aromatic N) is 1. The standard InChI is InChI=1S/C20H25N/c1-21(2)13-19-15-10-11-16(12-15)20(19)18-9-5-7-14-6-3-4-8-17(14)18/h3-9,15-16,19-20H,10-13H2,1-2H3/t15?,16?,19-,20+/m1/s1. The van der Waals surface area contributed by atoms with Gasteiger partial charge in [0.1, 0.15) is 0 Å². The van der Waals surface area contributed by atoms with Gasteiger partial charge in [0.25, 0.3) is 0 Å². The van der Waals surface area contributed by atoms with Gasteiger partial charge >= 0.3 is 0 Å². The molecule has 0 heterocycles. The molecule has 110 valence electrons. The van der Waals surface area contributed by atoms with Crippen LogP contribution in [0.5, 0.6) is 0 Å². The second-order valence-corrected chi connectivity index (χ2v) is 7.35. The van der Waals surface area contributed by atoms with E-state index in [1.165, 1.54) is 36.6 Å². The van der Waals surface area contributed by atoms with E-state index in [1.807, 2.05) is 0 Å². The van der Waals surface area contributed by atoms with Gasteiger partial charge in [-0.15, -0.1) is 0 Å². The first-order valence-corrected chi connectivity index (χ1v) is 8.36. The Labute approximate surface area is 128 Å². The third-order valence-electron chi connectivity index (χ3n) is 5.85. The van der Waals surface area contributed by atoms with Crippen LogP contribution in [0.3, 0.4) is 0 Å².